The van der Waals surface area contributed by atoms with Gasteiger partial charge in [0.05, 0.1) is 6.04 Å². The van der Waals surface area contributed by atoms with Crippen molar-refractivity contribution < 1.29 is 4.79 Å². The number of rotatable bonds is 5. The van der Waals surface area contributed by atoms with Gasteiger partial charge in [-0.2, -0.15) is 0 Å². The van der Waals surface area contributed by atoms with E-state index in [9.17, 15) is 4.79 Å². The lowest BCUT2D eigenvalue weighted by molar-refractivity contribution is -0.122. The quantitative estimate of drug-likeness (QED) is 0.815. The van der Waals surface area contributed by atoms with Crippen molar-refractivity contribution in [3.63, 3.8) is 0 Å². The third-order valence-electron chi connectivity index (χ3n) is 2.84. The monoisotopic (exact) mass is 235 g/mol. The standard InChI is InChI=1S/C13H21N3O/c1-9(2)12(14)7-13(17)16-10(3)11-5-4-6-15-8-11/h4-6,8-10,12H,7,14H2,1-3H3,(H,16,17)/t10-,12?/m1/s1. The highest BCUT2D eigenvalue weighted by atomic mass is 16.1. The van der Waals surface area contributed by atoms with Gasteiger partial charge in [-0.05, 0) is 24.5 Å². The molecule has 0 aliphatic rings. The molecule has 0 saturated heterocycles. The number of aromatic nitrogens is 1. The normalized spacial score (nSPS) is 14.4. The first-order valence-corrected chi connectivity index (χ1v) is 5.95. The lowest BCUT2D eigenvalue weighted by atomic mass is 10.0. The second kappa shape index (κ2) is 6.35. The smallest absolute Gasteiger partial charge is 0.222 e. The van der Waals surface area contributed by atoms with E-state index < -0.39 is 0 Å². The van der Waals surface area contributed by atoms with Crippen LogP contribution in [0.4, 0.5) is 0 Å². The molecular weight excluding hydrogens is 214 g/mol. The highest BCUT2D eigenvalue weighted by Crippen LogP contribution is 2.10. The summed E-state index contributed by atoms with van der Waals surface area (Å²) >= 11 is 0. The molecule has 3 N–H and O–H groups in total. The molecule has 1 heterocycles. The molecular formula is C13H21N3O. The minimum atomic E-state index is -0.0869. The fraction of sp³-hybridized carbons (Fsp3) is 0.538. The maximum absolute atomic E-state index is 11.7. The highest BCUT2D eigenvalue weighted by Gasteiger charge is 2.15. The van der Waals surface area contributed by atoms with Gasteiger partial charge in [-0.3, -0.25) is 9.78 Å². The molecule has 1 amide bonds. The number of hydrogen-bond donors (Lipinski definition) is 2. The molecule has 0 radical (unpaired) electrons. The van der Waals surface area contributed by atoms with E-state index in [-0.39, 0.29) is 18.0 Å². The summed E-state index contributed by atoms with van der Waals surface area (Å²) in [5.41, 5.74) is 6.86. The molecule has 1 unspecified atom stereocenters. The molecule has 94 valence electrons. The molecule has 0 saturated carbocycles. The lowest BCUT2D eigenvalue weighted by Gasteiger charge is -2.18. The molecule has 0 bridgehead atoms. The summed E-state index contributed by atoms with van der Waals surface area (Å²) in [6, 6.07) is 3.68. The Balaban J connectivity index is 2.47. The van der Waals surface area contributed by atoms with Crippen molar-refractivity contribution in [2.75, 3.05) is 0 Å². The van der Waals surface area contributed by atoms with Crippen LogP contribution in [-0.2, 0) is 4.79 Å². The van der Waals surface area contributed by atoms with E-state index >= 15 is 0 Å². The van der Waals surface area contributed by atoms with E-state index in [1.807, 2.05) is 32.9 Å². The summed E-state index contributed by atoms with van der Waals surface area (Å²) in [6.45, 7) is 5.97. The third-order valence-corrected chi connectivity index (χ3v) is 2.84. The number of hydrogen-bond acceptors (Lipinski definition) is 3. The second-order valence-corrected chi connectivity index (χ2v) is 4.69. The minimum Gasteiger partial charge on any atom is -0.349 e. The lowest BCUT2D eigenvalue weighted by Crippen LogP contribution is -2.35. The SMILES string of the molecule is CC(C)C(N)CC(=O)N[C@H](C)c1cccnc1. The Hall–Kier alpha value is -1.42. The van der Waals surface area contributed by atoms with Crippen LogP contribution in [0.15, 0.2) is 24.5 Å². The molecule has 0 spiro atoms. The van der Waals surface area contributed by atoms with Gasteiger partial charge in [0, 0.05) is 24.9 Å². The molecule has 17 heavy (non-hydrogen) atoms. The van der Waals surface area contributed by atoms with Crippen molar-refractivity contribution >= 4 is 5.91 Å². The Bertz CT molecular complexity index is 351. The van der Waals surface area contributed by atoms with E-state index in [0.717, 1.165) is 5.56 Å². The van der Waals surface area contributed by atoms with Crippen molar-refractivity contribution in [3.05, 3.63) is 30.1 Å². The van der Waals surface area contributed by atoms with E-state index in [4.69, 9.17) is 5.73 Å². The predicted octanol–water partition coefficient (Wildman–Crippen LogP) is 1.63. The van der Waals surface area contributed by atoms with E-state index in [2.05, 4.69) is 10.3 Å². The van der Waals surface area contributed by atoms with Gasteiger partial charge in [-0.1, -0.05) is 19.9 Å². The molecule has 0 aliphatic carbocycles. The number of pyridine rings is 1. The summed E-state index contributed by atoms with van der Waals surface area (Å²) in [4.78, 5) is 15.8. The van der Waals surface area contributed by atoms with Gasteiger partial charge >= 0.3 is 0 Å². The Labute approximate surface area is 103 Å². The third kappa shape index (κ3) is 4.53. The molecule has 0 fully saturated rings. The van der Waals surface area contributed by atoms with Crippen LogP contribution < -0.4 is 11.1 Å². The van der Waals surface area contributed by atoms with Crippen LogP contribution in [0.25, 0.3) is 0 Å². The van der Waals surface area contributed by atoms with Crippen LogP contribution in [0, 0.1) is 5.92 Å². The molecule has 1 aromatic rings. The number of nitrogens with one attached hydrogen (secondary N) is 1. The fourth-order valence-electron chi connectivity index (χ4n) is 1.47. The first kappa shape index (κ1) is 13.6. The number of nitrogens with zero attached hydrogens (tertiary/aromatic N) is 1. The van der Waals surface area contributed by atoms with Crippen LogP contribution in [-0.4, -0.2) is 16.9 Å². The van der Waals surface area contributed by atoms with E-state index in [1.165, 1.54) is 0 Å². The Kier molecular flexibility index (Phi) is 5.10. The van der Waals surface area contributed by atoms with Gasteiger partial charge in [-0.15, -0.1) is 0 Å². The summed E-state index contributed by atoms with van der Waals surface area (Å²) in [6.07, 6.45) is 3.84. The summed E-state index contributed by atoms with van der Waals surface area (Å²) in [5.74, 6) is 0.303. The van der Waals surface area contributed by atoms with Gasteiger partial charge in [0.25, 0.3) is 0 Å². The molecule has 1 rings (SSSR count). The maximum atomic E-state index is 11.7. The Morgan fingerprint density at radius 2 is 2.18 bits per heavy atom. The van der Waals surface area contributed by atoms with Crippen molar-refractivity contribution in [2.45, 2.75) is 39.3 Å². The van der Waals surface area contributed by atoms with Crippen LogP contribution in [0.5, 0.6) is 0 Å². The van der Waals surface area contributed by atoms with Gasteiger partial charge in [0.2, 0.25) is 5.91 Å². The van der Waals surface area contributed by atoms with Crippen LogP contribution in [0.1, 0.15) is 38.8 Å². The number of amides is 1. The Morgan fingerprint density at radius 1 is 1.47 bits per heavy atom. The molecule has 2 atom stereocenters. The zero-order valence-corrected chi connectivity index (χ0v) is 10.7. The van der Waals surface area contributed by atoms with Crippen molar-refractivity contribution in [1.82, 2.24) is 10.3 Å². The minimum absolute atomic E-state index is 0.0115. The van der Waals surface area contributed by atoms with E-state index in [1.54, 1.807) is 12.4 Å². The van der Waals surface area contributed by atoms with Crippen LogP contribution in [0.3, 0.4) is 0 Å². The van der Waals surface area contributed by atoms with Crippen molar-refractivity contribution in [1.29, 1.82) is 0 Å². The highest BCUT2D eigenvalue weighted by molar-refractivity contribution is 5.77. The largest absolute Gasteiger partial charge is 0.349 e. The van der Waals surface area contributed by atoms with Crippen LogP contribution in [0.2, 0.25) is 0 Å². The second-order valence-electron chi connectivity index (χ2n) is 4.69. The summed E-state index contributed by atoms with van der Waals surface area (Å²) < 4.78 is 0. The van der Waals surface area contributed by atoms with Gasteiger partial charge in [0.1, 0.15) is 0 Å². The first-order valence-electron chi connectivity index (χ1n) is 5.95. The molecule has 0 aliphatic heterocycles. The topological polar surface area (TPSA) is 68.0 Å². The number of carbonyl (C=O) groups is 1. The maximum Gasteiger partial charge on any atom is 0.222 e. The average molecular weight is 235 g/mol. The molecule has 0 aromatic carbocycles. The number of nitrogens with two attached hydrogens (primary N) is 1. The molecule has 4 heteroatoms. The van der Waals surface area contributed by atoms with Gasteiger partial charge < -0.3 is 11.1 Å². The zero-order chi connectivity index (χ0) is 12.8. The van der Waals surface area contributed by atoms with Crippen molar-refractivity contribution in [3.8, 4) is 0 Å². The number of carbonyl (C=O) groups excluding carboxylic acids is 1. The van der Waals surface area contributed by atoms with Crippen molar-refractivity contribution in [2.24, 2.45) is 11.7 Å². The fourth-order valence-corrected chi connectivity index (χ4v) is 1.47. The van der Waals surface area contributed by atoms with Crippen LogP contribution >= 0.6 is 0 Å². The molecule has 4 nitrogen and oxygen atoms in total. The summed E-state index contributed by atoms with van der Waals surface area (Å²) in [5, 5.41) is 2.92. The zero-order valence-electron chi connectivity index (χ0n) is 10.7. The van der Waals surface area contributed by atoms with Gasteiger partial charge in [-0.25, -0.2) is 0 Å². The Morgan fingerprint density at radius 3 is 2.71 bits per heavy atom. The molecule has 1 aromatic heterocycles. The predicted molar refractivity (Wildman–Crippen MR) is 68.2 cm³/mol. The first-order chi connectivity index (χ1) is 8.00. The summed E-state index contributed by atoms with van der Waals surface area (Å²) in [7, 11) is 0. The van der Waals surface area contributed by atoms with E-state index in [0.29, 0.717) is 12.3 Å². The average Bonchev–Trinajstić information content (AvgIpc) is 2.29. The van der Waals surface area contributed by atoms with Gasteiger partial charge in [0.15, 0.2) is 0 Å².